The molecule has 0 spiro atoms. The molecule has 1 heterocycles. The Bertz CT molecular complexity index is 1240. The van der Waals surface area contributed by atoms with Crippen LogP contribution >= 0.6 is 0 Å². The Morgan fingerprint density at radius 2 is 1.78 bits per heavy atom. The summed E-state index contributed by atoms with van der Waals surface area (Å²) in [7, 11) is 0. The number of likely N-dealkylation sites (N-methyl/N-ethyl adjacent to an activating group) is 1. The second-order valence-electron chi connectivity index (χ2n) is 7.71. The van der Waals surface area contributed by atoms with E-state index in [1.54, 1.807) is 13.0 Å². The van der Waals surface area contributed by atoms with Gasteiger partial charge in [-0.2, -0.15) is 0 Å². The monoisotopic (exact) mass is 437 g/mol. The average Bonchev–Trinajstić information content (AvgIpc) is 3.00. The van der Waals surface area contributed by atoms with E-state index in [4.69, 9.17) is 0 Å². The molecule has 164 valence electrons. The van der Waals surface area contributed by atoms with Crippen LogP contribution in [0.3, 0.4) is 0 Å². The van der Waals surface area contributed by atoms with E-state index >= 15 is 0 Å². The number of rotatable bonds is 5. The molecule has 1 fully saturated rings. The molecule has 0 saturated carbocycles. The number of halogens is 2. The van der Waals surface area contributed by atoms with Gasteiger partial charge in [0.25, 0.3) is 5.91 Å². The molecule has 1 aliphatic heterocycles. The Morgan fingerprint density at radius 1 is 1.06 bits per heavy atom. The third-order valence-electron chi connectivity index (χ3n) is 5.71. The van der Waals surface area contributed by atoms with E-state index in [0.29, 0.717) is 12.2 Å². The fraction of sp³-hybridized carbons (Fsp3) is 0.208. The summed E-state index contributed by atoms with van der Waals surface area (Å²) in [4.78, 5) is 41.0. The molecular weight excluding hydrogens is 416 g/mol. The van der Waals surface area contributed by atoms with E-state index in [2.05, 4.69) is 5.32 Å². The van der Waals surface area contributed by atoms with Gasteiger partial charge in [-0.15, -0.1) is 0 Å². The lowest BCUT2D eigenvalue weighted by Crippen LogP contribution is -2.45. The molecule has 32 heavy (non-hydrogen) atoms. The molecule has 0 aliphatic carbocycles. The predicted octanol–water partition coefficient (Wildman–Crippen LogP) is 3.94. The van der Waals surface area contributed by atoms with Crippen molar-refractivity contribution in [2.24, 2.45) is 0 Å². The van der Waals surface area contributed by atoms with Crippen molar-refractivity contribution in [3.8, 4) is 0 Å². The highest BCUT2D eigenvalue weighted by Crippen LogP contribution is 2.32. The molecule has 0 radical (unpaired) electrons. The number of benzene rings is 3. The van der Waals surface area contributed by atoms with Crippen LogP contribution in [0, 0.1) is 11.6 Å². The summed E-state index contributed by atoms with van der Waals surface area (Å²) >= 11 is 0. The third kappa shape index (κ3) is 3.47. The van der Waals surface area contributed by atoms with Crippen LogP contribution < -0.4 is 10.2 Å². The average molecular weight is 437 g/mol. The molecule has 1 N–H and O–H groups in total. The van der Waals surface area contributed by atoms with Gasteiger partial charge in [0.15, 0.2) is 0 Å². The SMILES string of the molecule is CCN(C(=O)CN1C(=O)NC(C)(c2cc(F)ccc2F)C1=O)c1cccc2ccccc12. The second-order valence-corrected chi connectivity index (χ2v) is 7.71. The van der Waals surface area contributed by atoms with Gasteiger partial charge in [-0.05, 0) is 43.5 Å². The van der Waals surface area contributed by atoms with Gasteiger partial charge in [0, 0.05) is 17.5 Å². The number of fused-ring (bicyclic) bond motifs is 1. The van der Waals surface area contributed by atoms with Gasteiger partial charge < -0.3 is 10.2 Å². The number of urea groups is 1. The zero-order chi connectivity index (χ0) is 23.0. The van der Waals surface area contributed by atoms with Crippen molar-refractivity contribution in [2.75, 3.05) is 18.0 Å². The van der Waals surface area contributed by atoms with Crippen molar-refractivity contribution in [1.29, 1.82) is 0 Å². The molecule has 4 amide bonds. The minimum atomic E-state index is -1.82. The lowest BCUT2D eigenvalue weighted by Gasteiger charge is -2.25. The topological polar surface area (TPSA) is 69.7 Å². The van der Waals surface area contributed by atoms with Crippen LogP contribution in [0.2, 0.25) is 0 Å². The van der Waals surface area contributed by atoms with Gasteiger partial charge in [-0.25, -0.2) is 13.6 Å². The predicted molar refractivity (Wildman–Crippen MR) is 116 cm³/mol. The van der Waals surface area contributed by atoms with Crippen molar-refractivity contribution in [3.63, 3.8) is 0 Å². The zero-order valence-electron chi connectivity index (χ0n) is 17.6. The van der Waals surface area contributed by atoms with Crippen LogP contribution in [0.4, 0.5) is 19.3 Å². The number of imide groups is 1. The summed E-state index contributed by atoms with van der Waals surface area (Å²) in [5.41, 5.74) is -1.46. The molecular formula is C24H21F2N3O3. The highest BCUT2D eigenvalue weighted by molar-refractivity contribution is 6.11. The molecule has 1 atom stereocenters. The first-order valence-electron chi connectivity index (χ1n) is 10.1. The number of anilines is 1. The summed E-state index contributed by atoms with van der Waals surface area (Å²) < 4.78 is 28.0. The number of nitrogens with one attached hydrogen (secondary N) is 1. The van der Waals surface area contributed by atoms with Gasteiger partial charge in [0.05, 0.1) is 5.69 Å². The Labute approximate surface area is 183 Å². The van der Waals surface area contributed by atoms with Crippen LogP contribution in [-0.4, -0.2) is 35.8 Å². The fourth-order valence-corrected chi connectivity index (χ4v) is 4.05. The summed E-state index contributed by atoms with van der Waals surface area (Å²) in [5.74, 6) is -2.88. The summed E-state index contributed by atoms with van der Waals surface area (Å²) in [6.45, 7) is 2.86. The van der Waals surface area contributed by atoms with E-state index in [9.17, 15) is 23.2 Å². The van der Waals surface area contributed by atoms with Gasteiger partial charge in [-0.3, -0.25) is 14.5 Å². The molecule has 3 aromatic rings. The van der Waals surface area contributed by atoms with E-state index in [1.165, 1.54) is 11.8 Å². The van der Waals surface area contributed by atoms with Crippen molar-refractivity contribution in [3.05, 3.63) is 77.9 Å². The Hall–Kier alpha value is -3.81. The molecule has 0 aromatic heterocycles. The molecule has 1 aliphatic rings. The van der Waals surface area contributed by atoms with E-state index < -0.39 is 41.6 Å². The number of amides is 4. The molecule has 4 rings (SSSR count). The molecule has 0 bridgehead atoms. The zero-order valence-corrected chi connectivity index (χ0v) is 17.6. The first-order valence-corrected chi connectivity index (χ1v) is 10.1. The standard InChI is InChI=1S/C24H21F2N3O3/c1-3-28(20-10-6-8-15-7-4-5-9-17(15)20)21(30)14-29-22(31)24(2,27-23(29)32)18-13-16(25)11-12-19(18)26/h4-13H,3,14H2,1-2H3,(H,27,32). The van der Waals surface area contributed by atoms with Crippen LogP contribution in [0.1, 0.15) is 19.4 Å². The van der Waals surface area contributed by atoms with Crippen molar-refractivity contribution in [2.45, 2.75) is 19.4 Å². The maximum Gasteiger partial charge on any atom is 0.325 e. The van der Waals surface area contributed by atoms with Gasteiger partial charge >= 0.3 is 6.03 Å². The number of hydrogen-bond acceptors (Lipinski definition) is 3. The molecule has 1 saturated heterocycles. The van der Waals surface area contributed by atoms with E-state index in [1.807, 2.05) is 36.4 Å². The largest absolute Gasteiger partial charge is 0.325 e. The lowest BCUT2D eigenvalue weighted by atomic mass is 9.91. The third-order valence-corrected chi connectivity index (χ3v) is 5.71. The van der Waals surface area contributed by atoms with E-state index in [0.717, 1.165) is 33.9 Å². The molecule has 6 nitrogen and oxygen atoms in total. The van der Waals surface area contributed by atoms with Gasteiger partial charge in [0.2, 0.25) is 5.91 Å². The number of hydrogen-bond donors (Lipinski definition) is 1. The molecule has 3 aromatic carbocycles. The summed E-state index contributed by atoms with van der Waals surface area (Å²) in [5, 5.41) is 4.21. The minimum Gasteiger partial charge on any atom is -0.319 e. The van der Waals surface area contributed by atoms with Crippen LogP contribution in [-0.2, 0) is 15.1 Å². The lowest BCUT2D eigenvalue weighted by molar-refractivity contribution is -0.134. The smallest absolute Gasteiger partial charge is 0.319 e. The summed E-state index contributed by atoms with van der Waals surface area (Å²) in [6.07, 6.45) is 0. The summed E-state index contributed by atoms with van der Waals surface area (Å²) in [6, 6.07) is 14.9. The Morgan fingerprint density at radius 3 is 2.53 bits per heavy atom. The highest BCUT2D eigenvalue weighted by atomic mass is 19.1. The van der Waals surface area contributed by atoms with Crippen LogP contribution in [0.25, 0.3) is 10.8 Å². The first-order chi connectivity index (χ1) is 15.3. The fourth-order valence-electron chi connectivity index (χ4n) is 4.05. The quantitative estimate of drug-likeness (QED) is 0.615. The highest BCUT2D eigenvalue weighted by Gasteiger charge is 2.51. The minimum absolute atomic E-state index is 0.299. The number of carbonyl (C=O) groups is 3. The Balaban J connectivity index is 1.63. The van der Waals surface area contributed by atoms with Crippen molar-refractivity contribution < 1.29 is 23.2 Å². The van der Waals surface area contributed by atoms with Gasteiger partial charge in [0.1, 0.15) is 23.7 Å². The maximum absolute atomic E-state index is 14.3. The van der Waals surface area contributed by atoms with Crippen LogP contribution in [0.15, 0.2) is 60.7 Å². The first kappa shape index (κ1) is 21.4. The second kappa shape index (κ2) is 8.03. The maximum atomic E-state index is 14.3. The van der Waals surface area contributed by atoms with Gasteiger partial charge in [-0.1, -0.05) is 36.4 Å². The van der Waals surface area contributed by atoms with Crippen molar-refractivity contribution in [1.82, 2.24) is 10.2 Å². The molecule has 8 heteroatoms. The van der Waals surface area contributed by atoms with Crippen LogP contribution in [0.5, 0.6) is 0 Å². The number of carbonyl (C=O) groups excluding carboxylic acids is 3. The van der Waals surface area contributed by atoms with Crippen molar-refractivity contribution >= 4 is 34.3 Å². The van der Waals surface area contributed by atoms with E-state index in [-0.39, 0.29) is 5.56 Å². The normalized spacial score (nSPS) is 18.2. The Kier molecular flexibility index (Phi) is 5.38. The molecule has 1 unspecified atom stereocenters. The number of nitrogens with zero attached hydrogens (tertiary/aromatic N) is 2.